The summed E-state index contributed by atoms with van der Waals surface area (Å²) in [6.45, 7) is 5.40. The van der Waals surface area contributed by atoms with Crippen molar-refractivity contribution in [3.05, 3.63) is 65.7 Å². The third-order valence-corrected chi connectivity index (χ3v) is 6.10. The van der Waals surface area contributed by atoms with Gasteiger partial charge < -0.3 is 0 Å². The molecule has 122 valence electrons. The zero-order valence-electron chi connectivity index (χ0n) is 13.4. The molecule has 0 amide bonds. The fraction of sp³-hybridized carbons (Fsp3) is 0.333. The molecule has 4 nitrogen and oxygen atoms in total. The van der Waals surface area contributed by atoms with Crippen molar-refractivity contribution in [2.75, 3.05) is 26.2 Å². The lowest BCUT2D eigenvalue weighted by Crippen LogP contribution is -2.48. The Hall–Kier alpha value is -1.69. The van der Waals surface area contributed by atoms with Gasteiger partial charge >= 0.3 is 0 Å². The maximum atomic E-state index is 12.7. The molecule has 1 aliphatic rings. The van der Waals surface area contributed by atoms with Crippen molar-refractivity contribution >= 4 is 10.0 Å². The number of piperazine rings is 1. The second-order valence-corrected chi connectivity index (χ2v) is 7.92. The smallest absolute Gasteiger partial charge is 0.243 e. The molecule has 1 aliphatic heterocycles. The molecule has 1 heterocycles. The second kappa shape index (κ2) is 6.83. The van der Waals surface area contributed by atoms with Crippen LogP contribution in [0, 0.1) is 6.92 Å². The van der Waals surface area contributed by atoms with Crippen LogP contribution in [0.15, 0.2) is 59.5 Å². The van der Waals surface area contributed by atoms with Gasteiger partial charge in [0.2, 0.25) is 10.0 Å². The van der Waals surface area contributed by atoms with E-state index >= 15 is 0 Å². The van der Waals surface area contributed by atoms with Crippen LogP contribution in [-0.4, -0.2) is 43.8 Å². The van der Waals surface area contributed by atoms with E-state index in [1.54, 1.807) is 22.5 Å². The van der Waals surface area contributed by atoms with Crippen LogP contribution >= 0.6 is 0 Å². The molecular formula is C18H22N2O2S. The lowest BCUT2D eigenvalue weighted by Gasteiger charge is -2.34. The van der Waals surface area contributed by atoms with Gasteiger partial charge in [-0.3, -0.25) is 4.90 Å². The van der Waals surface area contributed by atoms with Crippen LogP contribution in [0.3, 0.4) is 0 Å². The third-order valence-electron chi connectivity index (χ3n) is 4.21. The van der Waals surface area contributed by atoms with E-state index in [0.29, 0.717) is 18.0 Å². The van der Waals surface area contributed by atoms with Crippen molar-refractivity contribution in [3.8, 4) is 0 Å². The summed E-state index contributed by atoms with van der Waals surface area (Å²) in [5.41, 5.74) is 2.23. The molecule has 2 aromatic rings. The molecule has 0 N–H and O–H groups in total. The van der Waals surface area contributed by atoms with Gasteiger partial charge in [0.15, 0.2) is 0 Å². The lowest BCUT2D eigenvalue weighted by atomic mass is 10.2. The SMILES string of the molecule is Cc1cccc(S(=O)(=O)N2CCN(Cc3ccccc3)CC2)c1. The van der Waals surface area contributed by atoms with Gasteiger partial charge in [-0.15, -0.1) is 0 Å². The Morgan fingerprint density at radius 2 is 1.61 bits per heavy atom. The Morgan fingerprint density at radius 1 is 0.913 bits per heavy atom. The number of hydrogen-bond donors (Lipinski definition) is 0. The first-order valence-electron chi connectivity index (χ1n) is 7.89. The number of nitrogens with zero attached hydrogens (tertiary/aromatic N) is 2. The van der Waals surface area contributed by atoms with Crippen LogP contribution in [0.4, 0.5) is 0 Å². The van der Waals surface area contributed by atoms with Crippen LogP contribution in [0.5, 0.6) is 0 Å². The summed E-state index contributed by atoms with van der Waals surface area (Å²) in [5.74, 6) is 0. The normalized spacial score (nSPS) is 17.3. The molecule has 3 rings (SSSR count). The molecule has 23 heavy (non-hydrogen) atoms. The quantitative estimate of drug-likeness (QED) is 0.865. The number of aryl methyl sites for hydroxylation is 1. The Balaban J connectivity index is 1.64. The van der Waals surface area contributed by atoms with Crippen molar-refractivity contribution in [3.63, 3.8) is 0 Å². The number of sulfonamides is 1. The van der Waals surface area contributed by atoms with Crippen molar-refractivity contribution in [1.82, 2.24) is 9.21 Å². The zero-order chi connectivity index (χ0) is 16.3. The minimum Gasteiger partial charge on any atom is -0.296 e. The fourth-order valence-corrected chi connectivity index (χ4v) is 4.42. The van der Waals surface area contributed by atoms with Crippen LogP contribution in [0.25, 0.3) is 0 Å². The van der Waals surface area contributed by atoms with Crippen molar-refractivity contribution in [2.45, 2.75) is 18.4 Å². The minimum atomic E-state index is -3.37. The van der Waals surface area contributed by atoms with Crippen LogP contribution in [0.2, 0.25) is 0 Å². The largest absolute Gasteiger partial charge is 0.296 e. The molecule has 5 heteroatoms. The molecular weight excluding hydrogens is 308 g/mol. The molecule has 0 radical (unpaired) electrons. The van der Waals surface area contributed by atoms with Crippen molar-refractivity contribution < 1.29 is 8.42 Å². The molecule has 0 unspecified atom stereocenters. The minimum absolute atomic E-state index is 0.397. The van der Waals surface area contributed by atoms with Gasteiger partial charge in [-0.05, 0) is 30.2 Å². The highest BCUT2D eigenvalue weighted by Crippen LogP contribution is 2.19. The van der Waals surface area contributed by atoms with E-state index in [4.69, 9.17) is 0 Å². The summed E-state index contributed by atoms with van der Waals surface area (Å²) in [6.07, 6.45) is 0. The fourth-order valence-electron chi connectivity index (χ4n) is 2.89. The van der Waals surface area contributed by atoms with Gasteiger partial charge in [0, 0.05) is 32.7 Å². The van der Waals surface area contributed by atoms with Gasteiger partial charge in [0.05, 0.1) is 4.90 Å². The van der Waals surface area contributed by atoms with Gasteiger partial charge in [-0.1, -0.05) is 42.5 Å². The maximum absolute atomic E-state index is 12.7. The molecule has 0 atom stereocenters. The van der Waals surface area contributed by atoms with E-state index in [1.165, 1.54) is 5.56 Å². The predicted molar refractivity (Wildman–Crippen MR) is 91.7 cm³/mol. The molecule has 2 aromatic carbocycles. The zero-order valence-corrected chi connectivity index (χ0v) is 14.2. The van der Waals surface area contributed by atoms with E-state index in [0.717, 1.165) is 25.2 Å². The topological polar surface area (TPSA) is 40.6 Å². The molecule has 0 aromatic heterocycles. The first-order chi connectivity index (χ1) is 11.1. The van der Waals surface area contributed by atoms with Crippen LogP contribution in [-0.2, 0) is 16.6 Å². The first kappa shape index (κ1) is 16.2. The van der Waals surface area contributed by atoms with Gasteiger partial charge in [0.1, 0.15) is 0 Å². The summed E-state index contributed by atoms with van der Waals surface area (Å²) in [6, 6.07) is 17.4. The summed E-state index contributed by atoms with van der Waals surface area (Å²) in [7, 11) is -3.37. The van der Waals surface area contributed by atoms with Crippen LogP contribution < -0.4 is 0 Å². The van der Waals surface area contributed by atoms with E-state index < -0.39 is 10.0 Å². The molecule has 0 spiro atoms. The number of benzene rings is 2. The van der Waals surface area contributed by atoms with E-state index in [9.17, 15) is 8.42 Å². The van der Waals surface area contributed by atoms with Crippen molar-refractivity contribution in [1.29, 1.82) is 0 Å². The molecule has 0 bridgehead atoms. The molecule has 1 saturated heterocycles. The Morgan fingerprint density at radius 3 is 2.26 bits per heavy atom. The lowest BCUT2D eigenvalue weighted by molar-refractivity contribution is 0.181. The molecule has 1 fully saturated rings. The maximum Gasteiger partial charge on any atom is 0.243 e. The van der Waals surface area contributed by atoms with Crippen molar-refractivity contribution in [2.24, 2.45) is 0 Å². The Bertz CT molecular complexity index is 752. The predicted octanol–water partition coefficient (Wildman–Crippen LogP) is 2.50. The highest BCUT2D eigenvalue weighted by molar-refractivity contribution is 7.89. The highest BCUT2D eigenvalue weighted by atomic mass is 32.2. The average molecular weight is 330 g/mol. The van der Waals surface area contributed by atoms with Gasteiger partial charge in [-0.2, -0.15) is 4.31 Å². The van der Waals surface area contributed by atoms with Gasteiger partial charge in [-0.25, -0.2) is 8.42 Å². The molecule has 0 aliphatic carbocycles. The second-order valence-electron chi connectivity index (χ2n) is 5.98. The Labute approximate surface area is 138 Å². The number of hydrogen-bond acceptors (Lipinski definition) is 3. The van der Waals surface area contributed by atoms with Gasteiger partial charge in [0.25, 0.3) is 0 Å². The summed E-state index contributed by atoms with van der Waals surface area (Å²) < 4.78 is 27.0. The summed E-state index contributed by atoms with van der Waals surface area (Å²) >= 11 is 0. The van der Waals surface area contributed by atoms with Crippen LogP contribution in [0.1, 0.15) is 11.1 Å². The highest BCUT2D eigenvalue weighted by Gasteiger charge is 2.28. The summed E-state index contributed by atoms with van der Waals surface area (Å²) in [4.78, 5) is 2.70. The third kappa shape index (κ3) is 3.80. The monoisotopic (exact) mass is 330 g/mol. The summed E-state index contributed by atoms with van der Waals surface area (Å²) in [5, 5.41) is 0. The molecule has 0 saturated carbocycles. The Kier molecular flexibility index (Phi) is 4.80. The van der Waals surface area contributed by atoms with E-state index in [-0.39, 0.29) is 0 Å². The average Bonchev–Trinajstić information content (AvgIpc) is 2.56. The van der Waals surface area contributed by atoms with E-state index in [1.807, 2.05) is 31.2 Å². The standard InChI is InChI=1S/C18H22N2O2S/c1-16-6-5-9-18(14-16)23(21,22)20-12-10-19(11-13-20)15-17-7-3-2-4-8-17/h2-9,14H,10-13,15H2,1H3. The van der Waals surface area contributed by atoms with E-state index in [2.05, 4.69) is 17.0 Å². The first-order valence-corrected chi connectivity index (χ1v) is 9.33. The number of rotatable bonds is 4.